The molecule has 0 amide bonds. The summed E-state index contributed by atoms with van der Waals surface area (Å²) in [7, 11) is 0. The van der Waals surface area contributed by atoms with E-state index >= 15 is 0 Å². The Morgan fingerprint density at radius 2 is 2.23 bits per heavy atom. The van der Waals surface area contributed by atoms with Crippen LogP contribution in [0.1, 0.15) is 38.0 Å². The van der Waals surface area contributed by atoms with Gasteiger partial charge in [0.2, 0.25) is 0 Å². The van der Waals surface area contributed by atoms with E-state index in [1.807, 2.05) is 32.0 Å². The summed E-state index contributed by atoms with van der Waals surface area (Å²) in [4.78, 5) is 15.5. The molecule has 0 N–H and O–H groups in total. The third kappa shape index (κ3) is 2.04. The van der Waals surface area contributed by atoms with Gasteiger partial charge in [0.25, 0.3) is 0 Å². The zero-order valence-electron chi connectivity index (χ0n) is 12.8. The predicted octanol–water partition coefficient (Wildman–Crippen LogP) is 2.91. The molecule has 1 aromatic carbocycles. The first-order valence-electron chi connectivity index (χ1n) is 7.35. The van der Waals surface area contributed by atoms with E-state index in [9.17, 15) is 4.79 Å². The number of carbonyl (C=O) groups excluding carboxylic acids is 1. The van der Waals surface area contributed by atoms with Gasteiger partial charge in [0.1, 0.15) is 30.2 Å². The maximum Gasteiger partial charge on any atom is 0.302 e. The first-order chi connectivity index (χ1) is 10.5. The van der Waals surface area contributed by atoms with Gasteiger partial charge in [0, 0.05) is 29.6 Å². The Hall–Kier alpha value is -2.14. The molecule has 1 aromatic heterocycles. The van der Waals surface area contributed by atoms with Crippen molar-refractivity contribution in [1.29, 1.82) is 0 Å². The van der Waals surface area contributed by atoms with Gasteiger partial charge in [-0.15, -0.1) is 0 Å². The largest absolute Gasteiger partial charge is 0.485 e. The molecule has 1 saturated heterocycles. The summed E-state index contributed by atoms with van der Waals surface area (Å²) < 4.78 is 17.0. The second-order valence-electron chi connectivity index (χ2n) is 6.34. The average Bonchev–Trinajstić information content (AvgIpc) is 3.25. The first-order valence-corrected chi connectivity index (χ1v) is 7.35. The Kier molecular flexibility index (Phi) is 2.72. The zero-order valence-corrected chi connectivity index (χ0v) is 12.8. The van der Waals surface area contributed by atoms with E-state index in [1.165, 1.54) is 6.92 Å². The molecule has 2 aliphatic rings. The van der Waals surface area contributed by atoms with Crippen molar-refractivity contribution in [2.75, 3.05) is 0 Å². The SMILES string of the molecule is CC(=O)OCc1ccnc2cc3c(cc12)OC(C)(C)[C@@H]1O[C@H]31. The third-order valence-electron chi connectivity index (χ3n) is 4.25. The number of aromatic nitrogens is 1. The highest BCUT2D eigenvalue weighted by Gasteiger charge is 2.56. The molecule has 0 saturated carbocycles. The number of carbonyl (C=O) groups is 1. The van der Waals surface area contributed by atoms with Crippen molar-refractivity contribution in [3.63, 3.8) is 0 Å². The van der Waals surface area contributed by atoms with Crippen LogP contribution in [0.5, 0.6) is 5.75 Å². The quantitative estimate of drug-likeness (QED) is 0.630. The Morgan fingerprint density at radius 1 is 1.41 bits per heavy atom. The Balaban J connectivity index is 1.81. The molecule has 0 unspecified atom stereocenters. The number of hydrogen-bond donors (Lipinski definition) is 0. The van der Waals surface area contributed by atoms with Crippen LogP contribution in [-0.2, 0) is 20.9 Å². The van der Waals surface area contributed by atoms with Crippen molar-refractivity contribution in [3.8, 4) is 5.75 Å². The van der Waals surface area contributed by atoms with Crippen molar-refractivity contribution in [2.45, 2.75) is 45.2 Å². The van der Waals surface area contributed by atoms with Crippen LogP contribution < -0.4 is 4.74 Å². The predicted molar refractivity (Wildman–Crippen MR) is 79.5 cm³/mol. The smallest absolute Gasteiger partial charge is 0.302 e. The van der Waals surface area contributed by atoms with Crippen LogP contribution in [0.25, 0.3) is 10.9 Å². The maximum atomic E-state index is 11.0. The highest BCUT2D eigenvalue weighted by molar-refractivity contribution is 5.85. The molecular weight excluding hydrogens is 282 g/mol. The van der Waals surface area contributed by atoms with Gasteiger partial charge < -0.3 is 14.2 Å². The van der Waals surface area contributed by atoms with Crippen molar-refractivity contribution < 1.29 is 19.0 Å². The van der Waals surface area contributed by atoms with Crippen LogP contribution >= 0.6 is 0 Å². The second-order valence-corrected chi connectivity index (χ2v) is 6.34. The topological polar surface area (TPSA) is 61.0 Å². The fraction of sp³-hybridized carbons (Fsp3) is 0.412. The van der Waals surface area contributed by atoms with Crippen LogP contribution in [0.4, 0.5) is 0 Å². The Bertz CT molecular complexity index is 784. The van der Waals surface area contributed by atoms with E-state index in [2.05, 4.69) is 4.98 Å². The number of esters is 1. The van der Waals surface area contributed by atoms with Crippen molar-refractivity contribution in [3.05, 3.63) is 35.5 Å². The lowest BCUT2D eigenvalue weighted by molar-refractivity contribution is -0.142. The zero-order chi connectivity index (χ0) is 15.5. The van der Waals surface area contributed by atoms with Gasteiger partial charge in [-0.1, -0.05) is 0 Å². The van der Waals surface area contributed by atoms with Crippen LogP contribution in [0.3, 0.4) is 0 Å². The van der Waals surface area contributed by atoms with E-state index in [1.54, 1.807) is 6.20 Å². The summed E-state index contributed by atoms with van der Waals surface area (Å²) in [5.74, 6) is 0.530. The van der Waals surface area contributed by atoms with E-state index in [0.717, 1.165) is 27.8 Å². The first kappa shape index (κ1) is 13.5. The number of nitrogens with zero attached hydrogens (tertiary/aromatic N) is 1. The molecule has 1 fully saturated rings. The van der Waals surface area contributed by atoms with Crippen molar-refractivity contribution in [2.24, 2.45) is 0 Å². The van der Waals surface area contributed by atoms with E-state index in [-0.39, 0.29) is 30.4 Å². The van der Waals surface area contributed by atoms with Crippen LogP contribution in [0.2, 0.25) is 0 Å². The van der Waals surface area contributed by atoms with Gasteiger partial charge in [0.15, 0.2) is 0 Å². The number of rotatable bonds is 2. The molecule has 4 rings (SSSR count). The van der Waals surface area contributed by atoms with Crippen molar-refractivity contribution in [1.82, 2.24) is 4.98 Å². The molecule has 0 aliphatic carbocycles. The summed E-state index contributed by atoms with van der Waals surface area (Å²) in [5, 5.41) is 0.942. The summed E-state index contributed by atoms with van der Waals surface area (Å²) in [6.07, 6.45) is 1.94. The molecule has 5 heteroatoms. The monoisotopic (exact) mass is 299 g/mol. The van der Waals surface area contributed by atoms with Crippen molar-refractivity contribution >= 4 is 16.9 Å². The number of hydrogen-bond acceptors (Lipinski definition) is 5. The number of benzene rings is 1. The number of pyridine rings is 1. The summed E-state index contributed by atoms with van der Waals surface area (Å²) in [6, 6.07) is 5.86. The van der Waals surface area contributed by atoms with Gasteiger partial charge in [-0.05, 0) is 32.0 Å². The number of ether oxygens (including phenoxy) is 3. The molecule has 22 heavy (non-hydrogen) atoms. The highest BCUT2D eigenvalue weighted by atomic mass is 16.6. The minimum Gasteiger partial charge on any atom is -0.485 e. The summed E-state index contributed by atoms with van der Waals surface area (Å²) in [6.45, 7) is 5.71. The number of epoxide rings is 1. The van der Waals surface area contributed by atoms with Crippen LogP contribution in [0, 0.1) is 0 Å². The summed E-state index contributed by atoms with van der Waals surface area (Å²) >= 11 is 0. The fourth-order valence-electron chi connectivity index (χ4n) is 3.08. The normalized spacial score (nSPS) is 24.1. The lowest BCUT2D eigenvalue weighted by Crippen LogP contribution is -2.37. The standard InChI is InChI=1S/C17H17NO4/c1-9(19)20-8-10-4-5-18-13-6-12-14(7-11(10)13)22-17(2,3)16-15(12)21-16/h4-7,15-16H,8H2,1-3H3/t15-,16-/m1/s1. The van der Waals surface area contributed by atoms with E-state index < -0.39 is 0 Å². The molecular formula is C17H17NO4. The molecule has 0 spiro atoms. The van der Waals surface area contributed by atoms with E-state index in [0.29, 0.717) is 0 Å². The molecule has 0 bridgehead atoms. The van der Waals surface area contributed by atoms with Crippen LogP contribution in [-0.4, -0.2) is 22.7 Å². The summed E-state index contributed by atoms with van der Waals surface area (Å²) in [5.41, 5.74) is 2.50. The number of fused-ring (bicyclic) bond motifs is 4. The Labute approximate surface area is 128 Å². The fourth-order valence-corrected chi connectivity index (χ4v) is 3.08. The van der Waals surface area contributed by atoms with Gasteiger partial charge in [-0.25, -0.2) is 0 Å². The lowest BCUT2D eigenvalue weighted by Gasteiger charge is -2.29. The second kappa shape index (κ2) is 4.43. The minimum absolute atomic E-state index is 0.0991. The van der Waals surface area contributed by atoms with Crippen LogP contribution in [0.15, 0.2) is 24.4 Å². The molecule has 5 nitrogen and oxygen atoms in total. The third-order valence-corrected chi connectivity index (χ3v) is 4.25. The maximum absolute atomic E-state index is 11.0. The minimum atomic E-state index is -0.330. The molecule has 2 aromatic rings. The molecule has 0 radical (unpaired) electrons. The van der Waals surface area contributed by atoms with Gasteiger partial charge in [0.05, 0.1) is 5.52 Å². The van der Waals surface area contributed by atoms with Gasteiger partial charge >= 0.3 is 5.97 Å². The Morgan fingerprint density at radius 3 is 3.00 bits per heavy atom. The lowest BCUT2D eigenvalue weighted by atomic mass is 9.93. The average molecular weight is 299 g/mol. The van der Waals surface area contributed by atoms with E-state index in [4.69, 9.17) is 14.2 Å². The molecule has 2 atom stereocenters. The molecule has 2 aliphatic heterocycles. The van der Waals surface area contributed by atoms with Gasteiger partial charge in [-0.2, -0.15) is 0 Å². The highest BCUT2D eigenvalue weighted by Crippen LogP contribution is 2.54. The van der Waals surface area contributed by atoms with Gasteiger partial charge in [-0.3, -0.25) is 9.78 Å². The molecule has 3 heterocycles. The molecule has 114 valence electrons.